The molecule has 0 bridgehead atoms. The Morgan fingerprint density at radius 3 is 2.57 bits per heavy atom. The SMILES string of the molecule is CCCOc1ccccc1/C=C/C(=O)Nc1ccc(N2CCC(C)CC2)cc1. The first-order chi connectivity index (χ1) is 13.7. The van der Waals surface area contributed by atoms with Crippen molar-refractivity contribution in [2.24, 2.45) is 5.92 Å². The Balaban J connectivity index is 1.57. The normalized spacial score (nSPS) is 15.0. The van der Waals surface area contributed by atoms with Crippen molar-refractivity contribution in [2.45, 2.75) is 33.1 Å². The minimum Gasteiger partial charge on any atom is -0.493 e. The molecule has 0 aliphatic carbocycles. The van der Waals surface area contributed by atoms with Crippen molar-refractivity contribution in [1.82, 2.24) is 0 Å². The molecule has 1 amide bonds. The number of hydrogen-bond acceptors (Lipinski definition) is 3. The van der Waals surface area contributed by atoms with Gasteiger partial charge in [-0.1, -0.05) is 32.0 Å². The average Bonchev–Trinajstić information content (AvgIpc) is 2.72. The van der Waals surface area contributed by atoms with Crippen LogP contribution in [0.1, 0.15) is 38.7 Å². The van der Waals surface area contributed by atoms with Crippen LogP contribution in [0, 0.1) is 5.92 Å². The van der Waals surface area contributed by atoms with Crippen molar-refractivity contribution >= 4 is 23.4 Å². The summed E-state index contributed by atoms with van der Waals surface area (Å²) in [5, 5.41) is 2.93. The molecule has 0 aromatic heterocycles. The Hall–Kier alpha value is -2.75. The number of piperidine rings is 1. The molecule has 28 heavy (non-hydrogen) atoms. The van der Waals surface area contributed by atoms with Gasteiger partial charge in [0.1, 0.15) is 5.75 Å². The molecular formula is C24H30N2O2. The van der Waals surface area contributed by atoms with E-state index in [1.807, 2.05) is 36.4 Å². The minimum absolute atomic E-state index is 0.148. The van der Waals surface area contributed by atoms with Crippen LogP contribution in [-0.4, -0.2) is 25.6 Å². The molecule has 3 rings (SSSR count). The Morgan fingerprint density at radius 2 is 1.86 bits per heavy atom. The zero-order chi connectivity index (χ0) is 19.8. The molecule has 1 saturated heterocycles. The molecule has 0 spiro atoms. The van der Waals surface area contributed by atoms with Gasteiger partial charge in [0.05, 0.1) is 6.61 Å². The predicted octanol–water partition coefficient (Wildman–Crippen LogP) is 5.36. The van der Waals surface area contributed by atoms with Crippen molar-refractivity contribution < 1.29 is 9.53 Å². The first-order valence-electron chi connectivity index (χ1n) is 10.2. The van der Waals surface area contributed by atoms with Crippen molar-refractivity contribution in [3.63, 3.8) is 0 Å². The molecule has 148 valence electrons. The average molecular weight is 379 g/mol. The molecule has 1 aliphatic heterocycles. The molecule has 0 radical (unpaired) electrons. The zero-order valence-electron chi connectivity index (χ0n) is 16.9. The number of benzene rings is 2. The van der Waals surface area contributed by atoms with E-state index in [9.17, 15) is 4.79 Å². The number of amides is 1. The largest absolute Gasteiger partial charge is 0.493 e. The molecule has 4 heteroatoms. The van der Waals surface area contributed by atoms with Crippen LogP contribution in [0.3, 0.4) is 0 Å². The lowest BCUT2D eigenvalue weighted by Gasteiger charge is -2.32. The van der Waals surface area contributed by atoms with Crippen LogP contribution in [0.2, 0.25) is 0 Å². The van der Waals surface area contributed by atoms with Gasteiger partial charge in [-0.05, 0) is 61.6 Å². The predicted molar refractivity (Wildman–Crippen MR) is 117 cm³/mol. The molecule has 1 aliphatic rings. The van der Waals surface area contributed by atoms with E-state index in [0.717, 1.165) is 42.4 Å². The second-order valence-electron chi connectivity index (χ2n) is 7.43. The van der Waals surface area contributed by atoms with Crippen LogP contribution in [0.15, 0.2) is 54.6 Å². The van der Waals surface area contributed by atoms with Crippen molar-refractivity contribution in [3.05, 3.63) is 60.2 Å². The number of hydrogen-bond donors (Lipinski definition) is 1. The standard InChI is InChI=1S/C24H30N2O2/c1-3-18-28-23-7-5-4-6-20(23)8-13-24(27)25-21-9-11-22(12-10-21)26-16-14-19(2)15-17-26/h4-13,19H,3,14-18H2,1-2H3,(H,25,27)/b13-8+. The molecule has 0 saturated carbocycles. The van der Waals surface area contributed by atoms with E-state index < -0.39 is 0 Å². The van der Waals surface area contributed by atoms with Gasteiger partial charge in [-0.15, -0.1) is 0 Å². The molecule has 0 unspecified atom stereocenters. The second kappa shape index (κ2) is 9.98. The number of para-hydroxylation sites is 1. The summed E-state index contributed by atoms with van der Waals surface area (Å²) < 4.78 is 5.73. The van der Waals surface area contributed by atoms with E-state index in [4.69, 9.17) is 4.74 Å². The van der Waals surface area contributed by atoms with Gasteiger partial charge >= 0.3 is 0 Å². The van der Waals surface area contributed by atoms with Gasteiger partial charge in [-0.25, -0.2) is 0 Å². The lowest BCUT2D eigenvalue weighted by molar-refractivity contribution is -0.111. The van der Waals surface area contributed by atoms with Gasteiger partial charge in [0.15, 0.2) is 0 Å². The van der Waals surface area contributed by atoms with Gasteiger partial charge < -0.3 is 15.0 Å². The smallest absolute Gasteiger partial charge is 0.248 e. The fraction of sp³-hybridized carbons (Fsp3) is 0.375. The summed E-state index contributed by atoms with van der Waals surface area (Å²) in [6, 6.07) is 15.9. The van der Waals surface area contributed by atoms with E-state index in [2.05, 4.69) is 36.2 Å². The molecule has 2 aromatic rings. The van der Waals surface area contributed by atoms with Gasteiger partial charge in [-0.2, -0.15) is 0 Å². The lowest BCUT2D eigenvalue weighted by Crippen LogP contribution is -2.32. The first kappa shape index (κ1) is 20.0. The van der Waals surface area contributed by atoms with E-state index in [0.29, 0.717) is 6.61 Å². The van der Waals surface area contributed by atoms with E-state index in [1.165, 1.54) is 18.5 Å². The lowest BCUT2D eigenvalue weighted by atomic mass is 9.99. The Kier molecular flexibility index (Phi) is 7.12. The summed E-state index contributed by atoms with van der Waals surface area (Å²) in [5.74, 6) is 1.47. The Morgan fingerprint density at radius 1 is 1.14 bits per heavy atom. The quantitative estimate of drug-likeness (QED) is 0.659. The Labute approximate surface area is 168 Å². The van der Waals surface area contributed by atoms with E-state index in [-0.39, 0.29) is 5.91 Å². The topological polar surface area (TPSA) is 41.6 Å². The number of nitrogens with zero attached hydrogens (tertiary/aromatic N) is 1. The maximum atomic E-state index is 12.3. The molecule has 0 atom stereocenters. The van der Waals surface area contributed by atoms with Gasteiger partial charge in [0, 0.05) is 36.1 Å². The van der Waals surface area contributed by atoms with Gasteiger partial charge in [0.2, 0.25) is 5.91 Å². The van der Waals surface area contributed by atoms with Gasteiger partial charge in [0.25, 0.3) is 0 Å². The minimum atomic E-state index is -0.148. The molecule has 4 nitrogen and oxygen atoms in total. The number of nitrogens with one attached hydrogen (secondary N) is 1. The Bertz CT molecular complexity index is 791. The zero-order valence-corrected chi connectivity index (χ0v) is 16.9. The third-order valence-electron chi connectivity index (χ3n) is 5.08. The summed E-state index contributed by atoms with van der Waals surface area (Å²) in [5.41, 5.74) is 2.93. The van der Waals surface area contributed by atoms with Crippen LogP contribution in [0.5, 0.6) is 5.75 Å². The summed E-state index contributed by atoms with van der Waals surface area (Å²) in [6.45, 7) is 7.27. The van der Waals surface area contributed by atoms with Crippen molar-refractivity contribution in [1.29, 1.82) is 0 Å². The monoisotopic (exact) mass is 378 g/mol. The van der Waals surface area contributed by atoms with E-state index in [1.54, 1.807) is 12.2 Å². The van der Waals surface area contributed by atoms with Crippen LogP contribution in [-0.2, 0) is 4.79 Å². The van der Waals surface area contributed by atoms with Crippen LogP contribution < -0.4 is 15.0 Å². The van der Waals surface area contributed by atoms with Crippen LogP contribution >= 0.6 is 0 Å². The summed E-state index contributed by atoms with van der Waals surface area (Å²) >= 11 is 0. The molecule has 1 N–H and O–H groups in total. The number of carbonyl (C=O) groups is 1. The van der Waals surface area contributed by atoms with Crippen LogP contribution in [0.4, 0.5) is 11.4 Å². The highest BCUT2D eigenvalue weighted by Crippen LogP contribution is 2.24. The highest BCUT2D eigenvalue weighted by atomic mass is 16.5. The maximum Gasteiger partial charge on any atom is 0.248 e. The summed E-state index contributed by atoms with van der Waals surface area (Å²) in [6.07, 6.45) is 6.78. The first-order valence-corrected chi connectivity index (χ1v) is 10.2. The third-order valence-corrected chi connectivity index (χ3v) is 5.08. The molecule has 2 aromatic carbocycles. The fourth-order valence-corrected chi connectivity index (χ4v) is 3.33. The molecule has 1 fully saturated rings. The highest BCUT2D eigenvalue weighted by Gasteiger charge is 2.15. The molecular weight excluding hydrogens is 348 g/mol. The number of anilines is 2. The van der Waals surface area contributed by atoms with E-state index >= 15 is 0 Å². The second-order valence-corrected chi connectivity index (χ2v) is 7.43. The number of rotatable bonds is 7. The number of carbonyl (C=O) groups excluding carboxylic acids is 1. The third kappa shape index (κ3) is 5.62. The van der Waals surface area contributed by atoms with Crippen molar-refractivity contribution in [2.75, 3.05) is 29.9 Å². The van der Waals surface area contributed by atoms with Gasteiger partial charge in [-0.3, -0.25) is 4.79 Å². The summed E-state index contributed by atoms with van der Waals surface area (Å²) in [7, 11) is 0. The molecule has 1 heterocycles. The highest BCUT2D eigenvalue weighted by molar-refractivity contribution is 6.02. The van der Waals surface area contributed by atoms with Crippen molar-refractivity contribution in [3.8, 4) is 5.75 Å². The maximum absolute atomic E-state index is 12.3. The number of ether oxygens (including phenoxy) is 1. The van der Waals surface area contributed by atoms with Crippen LogP contribution in [0.25, 0.3) is 6.08 Å². The fourth-order valence-electron chi connectivity index (χ4n) is 3.33. The summed E-state index contributed by atoms with van der Waals surface area (Å²) in [4.78, 5) is 14.7.